The Morgan fingerprint density at radius 2 is 2.19 bits per heavy atom. The first kappa shape index (κ1) is 14.6. The molecule has 1 aliphatic carbocycles. The molecule has 0 saturated carbocycles. The van der Waals surface area contributed by atoms with Crippen molar-refractivity contribution in [3.8, 4) is 0 Å². The maximum Gasteiger partial charge on any atom is 0.227 e. The van der Waals surface area contributed by atoms with Gasteiger partial charge in [0.15, 0.2) is 0 Å². The topological polar surface area (TPSA) is 59.1 Å². The van der Waals surface area contributed by atoms with Crippen LogP contribution in [0.2, 0.25) is 0 Å². The van der Waals surface area contributed by atoms with E-state index in [1.807, 2.05) is 6.08 Å². The van der Waals surface area contributed by atoms with Crippen LogP contribution in [0.1, 0.15) is 6.42 Å². The molecule has 112 valence electrons. The van der Waals surface area contributed by atoms with Gasteiger partial charge in [-0.2, -0.15) is 0 Å². The van der Waals surface area contributed by atoms with Gasteiger partial charge in [-0.1, -0.05) is 6.08 Å². The summed E-state index contributed by atoms with van der Waals surface area (Å²) in [6, 6.07) is 0. The van der Waals surface area contributed by atoms with E-state index in [1.165, 1.54) is 0 Å². The number of hydrogen-bond acceptors (Lipinski definition) is 5. The maximum absolute atomic E-state index is 14.2. The third-order valence-corrected chi connectivity index (χ3v) is 3.93. The molecular weight excluding hydrogens is 339 g/mol. The van der Waals surface area contributed by atoms with Gasteiger partial charge >= 0.3 is 0 Å². The molecule has 21 heavy (non-hydrogen) atoms. The molecule has 1 saturated heterocycles. The van der Waals surface area contributed by atoms with E-state index in [1.54, 1.807) is 18.5 Å². The lowest BCUT2D eigenvalue weighted by molar-refractivity contribution is 0.00174. The van der Waals surface area contributed by atoms with Gasteiger partial charge in [-0.05, 0) is 22.0 Å². The van der Waals surface area contributed by atoms with Crippen LogP contribution in [0.3, 0.4) is 0 Å². The van der Waals surface area contributed by atoms with Crippen molar-refractivity contribution in [2.45, 2.75) is 12.5 Å². The highest BCUT2D eigenvalue weighted by Crippen LogP contribution is 2.28. The molecule has 1 fully saturated rings. The van der Waals surface area contributed by atoms with Crippen LogP contribution < -0.4 is 10.6 Å². The van der Waals surface area contributed by atoms with Crippen molar-refractivity contribution in [1.82, 2.24) is 15.3 Å². The number of allylic oxidation sites excluding steroid dienone is 2. The fourth-order valence-electron chi connectivity index (χ4n) is 2.42. The Morgan fingerprint density at radius 3 is 2.86 bits per heavy atom. The van der Waals surface area contributed by atoms with E-state index in [-0.39, 0.29) is 17.8 Å². The van der Waals surface area contributed by atoms with Crippen molar-refractivity contribution >= 4 is 21.9 Å². The summed E-state index contributed by atoms with van der Waals surface area (Å²) in [5, 5.41) is 6.17. The van der Waals surface area contributed by atoms with Gasteiger partial charge in [0, 0.05) is 37.8 Å². The van der Waals surface area contributed by atoms with Gasteiger partial charge in [0.05, 0.1) is 22.9 Å². The van der Waals surface area contributed by atoms with Gasteiger partial charge in [-0.3, -0.25) is 0 Å². The highest BCUT2D eigenvalue weighted by atomic mass is 79.9. The predicted octanol–water partition coefficient (Wildman–Crippen LogP) is 2.40. The lowest BCUT2D eigenvalue weighted by atomic mass is 9.92. The number of rotatable bonds is 3. The van der Waals surface area contributed by atoms with E-state index in [0.29, 0.717) is 24.7 Å². The van der Waals surface area contributed by atoms with Gasteiger partial charge in [-0.25, -0.2) is 14.4 Å². The lowest BCUT2D eigenvalue weighted by Crippen LogP contribution is -2.42. The summed E-state index contributed by atoms with van der Waals surface area (Å²) in [6.45, 7) is 2.30. The Hall–Kier alpha value is -1.31. The number of nitrogens with zero attached hydrogens (tertiary/aromatic N) is 2. The molecular formula is C14H16BrFN4O. The fourth-order valence-corrected chi connectivity index (χ4v) is 2.62. The molecule has 0 aromatic carbocycles. The molecule has 2 heterocycles. The minimum Gasteiger partial charge on any atom is -0.375 e. The van der Waals surface area contributed by atoms with Crippen molar-refractivity contribution in [3.05, 3.63) is 40.5 Å². The Labute approximate surface area is 130 Å². The first-order chi connectivity index (χ1) is 10.2. The SMILES string of the molecule is FC1=C(Nc2ncc(Br)cn2)C=CC([C@H]2CNCCO2)C1. The number of ether oxygens (including phenoxy) is 1. The van der Waals surface area contributed by atoms with Crippen molar-refractivity contribution < 1.29 is 9.13 Å². The van der Waals surface area contributed by atoms with Crippen LogP contribution in [0.5, 0.6) is 0 Å². The minimum absolute atomic E-state index is 0.0335. The van der Waals surface area contributed by atoms with Gasteiger partial charge < -0.3 is 15.4 Å². The molecule has 3 rings (SSSR count). The third kappa shape index (κ3) is 3.66. The lowest BCUT2D eigenvalue weighted by Gasteiger charge is -2.30. The summed E-state index contributed by atoms with van der Waals surface area (Å²) in [6.07, 6.45) is 7.33. The summed E-state index contributed by atoms with van der Waals surface area (Å²) in [5.41, 5.74) is 0.414. The second-order valence-electron chi connectivity index (χ2n) is 5.01. The summed E-state index contributed by atoms with van der Waals surface area (Å²) in [4.78, 5) is 8.15. The average molecular weight is 355 g/mol. The molecule has 1 unspecified atom stereocenters. The van der Waals surface area contributed by atoms with Crippen molar-refractivity contribution in [2.75, 3.05) is 25.0 Å². The predicted molar refractivity (Wildman–Crippen MR) is 81.3 cm³/mol. The molecule has 2 aliphatic rings. The van der Waals surface area contributed by atoms with Crippen LogP contribution in [0.15, 0.2) is 40.5 Å². The largest absolute Gasteiger partial charge is 0.375 e. The first-order valence-electron chi connectivity index (χ1n) is 6.86. The maximum atomic E-state index is 14.2. The van der Waals surface area contributed by atoms with E-state index in [9.17, 15) is 4.39 Å². The van der Waals surface area contributed by atoms with Crippen LogP contribution in [-0.4, -0.2) is 35.8 Å². The number of aromatic nitrogens is 2. The monoisotopic (exact) mass is 354 g/mol. The second kappa shape index (κ2) is 6.64. The van der Waals surface area contributed by atoms with Crippen LogP contribution >= 0.6 is 15.9 Å². The van der Waals surface area contributed by atoms with E-state index in [2.05, 4.69) is 36.5 Å². The van der Waals surface area contributed by atoms with Gasteiger partial charge in [-0.15, -0.1) is 0 Å². The molecule has 0 radical (unpaired) electrons. The number of nitrogens with one attached hydrogen (secondary N) is 2. The molecule has 7 heteroatoms. The van der Waals surface area contributed by atoms with Crippen LogP contribution in [0.4, 0.5) is 10.3 Å². The van der Waals surface area contributed by atoms with Crippen LogP contribution in [0, 0.1) is 5.92 Å². The first-order valence-corrected chi connectivity index (χ1v) is 7.65. The summed E-state index contributed by atoms with van der Waals surface area (Å²) < 4.78 is 20.7. The normalized spacial score (nSPS) is 26.0. The van der Waals surface area contributed by atoms with E-state index in [0.717, 1.165) is 17.6 Å². The Morgan fingerprint density at radius 1 is 1.38 bits per heavy atom. The smallest absolute Gasteiger partial charge is 0.227 e. The molecule has 1 aromatic heterocycles. The summed E-state index contributed by atoms with van der Waals surface area (Å²) >= 11 is 3.26. The van der Waals surface area contributed by atoms with E-state index in [4.69, 9.17) is 4.74 Å². The molecule has 0 bridgehead atoms. The zero-order valence-corrected chi connectivity index (χ0v) is 12.9. The number of morpholine rings is 1. The second-order valence-corrected chi connectivity index (χ2v) is 5.92. The zero-order valence-electron chi connectivity index (χ0n) is 11.4. The highest BCUT2D eigenvalue weighted by molar-refractivity contribution is 9.10. The van der Waals surface area contributed by atoms with Crippen LogP contribution in [-0.2, 0) is 4.74 Å². The standard InChI is InChI=1S/C14H16BrFN4O/c15-10-6-18-14(19-7-10)20-12-2-1-9(5-11(12)16)13-8-17-3-4-21-13/h1-2,6-7,9,13,17H,3-5,8H2,(H,18,19,20)/t9?,13-/m1/s1. The van der Waals surface area contributed by atoms with Crippen molar-refractivity contribution in [3.63, 3.8) is 0 Å². The summed E-state index contributed by atoms with van der Waals surface area (Å²) in [7, 11) is 0. The quantitative estimate of drug-likeness (QED) is 0.872. The molecule has 2 atom stereocenters. The molecule has 0 amide bonds. The van der Waals surface area contributed by atoms with Gasteiger partial charge in [0.2, 0.25) is 5.95 Å². The van der Waals surface area contributed by atoms with E-state index >= 15 is 0 Å². The fraction of sp³-hybridized carbons (Fsp3) is 0.429. The number of hydrogen-bond donors (Lipinski definition) is 2. The highest BCUT2D eigenvalue weighted by Gasteiger charge is 2.27. The molecule has 1 aromatic rings. The number of halogens is 2. The summed E-state index contributed by atoms with van der Waals surface area (Å²) in [5.74, 6) is 0.249. The molecule has 0 spiro atoms. The van der Waals surface area contributed by atoms with E-state index < -0.39 is 0 Å². The number of anilines is 1. The van der Waals surface area contributed by atoms with Crippen molar-refractivity contribution in [2.24, 2.45) is 5.92 Å². The van der Waals surface area contributed by atoms with Gasteiger partial charge in [0.25, 0.3) is 0 Å². The van der Waals surface area contributed by atoms with Gasteiger partial charge in [0.1, 0.15) is 5.83 Å². The Bertz CT molecular complexity index is 555. The Balaban J connectivity index is 1.65. The van der Waals surface area contributed by atoms with Crippen LogP contribution in [0.25, 0.3) is 0 Å². The molecule has 5 nitrogen and oxygen atoms in total. The molecule has 1 aliphatic heterocycles. The third-order valence-electron chi connectivity index (χ3n) is 3.52. The molecule has 2 N–H and O–H groups in total. The van der Waals surface area contributed by atoms with Crippen molar-refractivity contribution in [1.29, 1.82) is 0 Å². The Kier molecular flexibility index (Phi) is 4.62. The minimum atomic E-state index is -0.191. The average Bonchev–Trinajstić information content (AvgIpc) is 2.52. The zero-order chi connectivity index (χ0) is 14.7.